The SMILES string of the molecule is C=CCNC(=O)c1ccnc(N2CCCCCC2)n1. The van der Waals surface area contributed by atoms with Gasteiger partial charge in [0.1, 0.15) is 5.69 Å². The molecule has 1 amide bonds. The van der Waals surface area contributed by atoms with Crippen LogP contribution in [0.1, 0.15) is 36.2 Å². The second kappa shape index (κ2) is 6.87. The highest BCUT2D eigenvalue weighted by Gasteiger charge is 2.14. The lowest BCUT2D eigenvalue weighted by Gasteiger charge is -2.20. The maximum atomic E-state index is 11.8. The van der Waals surface area contributed by atoms with Crippen molar-refractivity contribution in [3.8, 4) is 0 Å². The first-order valence-corrected chi connectivity index (χ1v) is 6.78. The molecular formula is C14H20N4O. The molecule has 2 heterocycles. The highest BCUT2D eigenvalue weighted by molar-refractivity contribution is 5.92. The minimum Gasteiger partial charge on any atom is -0.347 e. The summed E-state index contributed by atoms with van der Waals surface area (Å²) in [4.78, 5) is 22.6. The van der Waals surface area contributed by atoms with Crippen LogP contribution in [0.15, 0.2) is 24.9 Å². The molecule has 0 saturated carbocycles. The van der Waals surface area contributed by atoms with Crippen LogP contribution in [0.5, 0.6) is 0 Å². The summed E-state index contributed by atoms with van der Waals surface area (Å²) in [5.41, 5.74) is 0.413. The van der Waals surface area contributed by atoms with Crippen LogP contribution in [0.3, 0.4) is 0 Å². The third kappa shape index (κ3) is 3.77. The third-order valence-corrected chi connectivity index (χ3v) is 3.17. The number of hydrogen-bond donors (Lipinski definition) is 1. The summed E-state index contributed by atoms with van der Waals surface area (Å²) >= 11 is 0. The van der Waals surface area contributed by atoms with Gasteiger partial charge in [0.2, 0.25) is 5.95 Å². The highest BCUT2D eigenvalue weighted by atomic mass is 16.1. The zero-order chi connectivity index (χ0) is 13.5. The van der Waals surface area contributed by atoms with Gasteiger partial charge in [0.15, 0.2) is 0 Å². The summed E-state index contributed by atoms with van der Waals surface area (Å²) in [5.74, 6) is 0.478. The molecule has 2 rings (SSSR count). The zero-order valence-corrected chi connectivity index (χ0v) is 11.1. The van der Waals surface area contributed by atoms with Crippen LogP contribution in [0.2, 0.25) is 0 Å². The number of carbonyl (C=O) groups excluding carboxylic acids is 1. The fraction of sp³-hybridized carbons (Fsp3) is 0.500. The second-order valence-corrected chi connectivity index (χ2v) is 4.64. The molecule has 1 aromatic rings. The summed E-state index contributed by atoms with van der Waals surface area (Å²) < 4.78 is 0. The van der Waals surface area contributed by atoms with Crippen molar-refractivity contribution < 1.29 is 4.79 Å². The summed E-state index contributed by atoms with van der Waals surface area (Å²) in [7, 11) is 0. The predicted octanol–water partition coefficient (Wildman–Crippen LogP) is 1.77. The normalized spacial score (nSPS) is 15.7. The molecule has 5 nitrogen and oxygen atoms in total. The first-order chi connectivity index (χ1) is 9.31. The van der Waals surface area contributed by atoms with E-state index in [1.54, 1.807) is 18.3 Å². The van der Waals surface area contributed by atoms with Crippen LogP contribution in [-0.2, 0) is 0 Å². The number of nitrogens with zero attached hydrogens (tertiary/aromatic N) is 3. The Kier molecular flexibility index (Phi) is 4.89. The molecule has 0 aliphatic carbocycles. The van der Waals surface area contributed by atoms with Crippen molar-refractivity contribution in [3.05, 3.63) is 30.6 Å². The highest BCUT2D eigenvalue weighted by Crippen LogP contribution is 2.15. The Morgan fingerprint density at radius 2 is 2.11 bits per heavy atom. The van der Waals surface area contributed by atoms with Crippen molar-refractivity contribution in [3.63, 3.8) is 0 Å². The molecule has 1 saturated heterocycles. The van der Waals surface area contributed by atoms with Crippen molar-refractivity contribution in [1.82, 2.24) is 15.3 Å². The Bertz CT molecular complexity index is 439. The maximum Gasteiger partial charge on any atom is 0.270 e. The van der Waals surface area contributed by atoms with Crippen LogP contribution in [0, 0.1) is 0 Å². The second-order valence-electron chi connectivity index (χ2n) is 4.64. The van der Waals surface area contributed by atoms with Crippen LogP contribution < -0.4 is 10.2 Å². The van der Waals surface area contributed by atoms with Crippen molar-refractivity contribution in [2.75, 3.05) is 24.5 Å². The van der Waals surface area contributed by atoms with Crippen LogP contribution in [-0.4, -0.2) is 35.5 Å². The fourth-order valence-corrected chi connectivity index (χ4v) is 2.15. The van der Waals surface area contributed by atoms with E-state index in [0.717, 1.165) is 25.9 Å². The summed E-state index contributed by atoms with van der Waals surface area (Å²) in [5, 5.41) is 2.73. The van der Waals surface area contributed by atoms with E-state index in [2.05, 4.69) is 26.8 Å². The Hall–Kier alpha value is -1.91. The Labute approximate surface area is 113 Å². The van der Waals surface area contributed by atoms with E-state index in [0.29, 0.717) is 18.2 Å². The van der Waals surface area contributed by atoms with Gasteiger partial charge in [-0.3, -0.25) is 4.79 Å². The summed E-state index contributed by atoms with van der Waals surface area (Å²) in [6, 6.07) is 1.64. The molecule has 0 atom stereocenters. The molecule has 102 valence electrons. The van der Waals surface area contributed by atoms with E-state index in [9.17, 15) is 4.79 Å². The van der Waals surface area contributed by atoms with E-state index in [1.807, 2.05) is 0 Å². The largest absolute Gasteiger partial charge is 0.347 e. The monoisotopic (exact) mass is 260 g/mol. The number of nitrogens with one attached hydrogen (secondary N) is 1. The van der Waals surface area contributed by atoms with Crippen molar-refractivity contribution in [2.24, 2.45) is 0 Å². The first-order valence-electron chi connectivity index (χ1n) is 6.78. The molecule has 0 spiro atoms. The number of rotatable bonds is 4. The van der Waals surface area contributed by atoms with Crippen LogP contribution >= 0.6 is 0 Å². The van der Waals surface area contributed by atoms with Gasteiger partial charge in [-0.15, -0.1) is 6.58 Å². The quantitative estimate of drug-likeness (QED) is 0.838. The van der Waals surface area contributed by atoms with Crippen molar-refractivity contribution >= 4 is 11.9 Å². The number of hydrogen-bond acceptors (Lipinski definition) is 4. The summed E-state index contributed by atoms with van der Waals surface area (Å²) in [6.07, 6.45) is 8.14. The van der Waals surface area contributed by atoms with E-state index in [1.165, 1.54) is 12.8 Å². The molecule has 0 unspecified atom stereocenters. The molecule has 0 bridgehead atoms. The number of anilines is 1. The first kappa shape index (κ1) is 13.5. The van der Waals surface area contributed by atoms with Gasteiger partial charge in [-0.1, -0.05) is 18.9 Å². The Morgan fingerprint density at radius 3 is 2.79 bits per heavy atom. The smallest absolute Gasteiger partial charge is 0.270 e. The van der Waals surface area contributed by atoms with Gasteiger partial charge >= 0.3 is 0 Å². The summed E-state index contributed by atoms with van der Waals surface area (Å²) in [6.45, 7) is 5.96. The lowest BCUT2D eigenvalue weighted by Crippen LogP contribution is -2.28. The number of amides is 1. The van der Waals surface area contributed by atoms with E-state index in [4.69, 9.17) is 0 Å². The maximum absolute atomic E-state index is 11.8. The van der Waals surface area contributed by atoms with Crippen LogP contribution in [0.4, 0.5) is 5.95 Å². The predicted molar refractivity (Wildman–Crippen MR) is 75.2 cm³/mol. The van der Waals surface area contributed by atoms with E-state index in [-0.39, 0.29) is 5.91 Å². The molecule has 1 aromatic heterocycles. The fourth-order valence-electron chi connectivity index (χ4n) is 2.15. The average Bonchev–Trinajstić information content (AvgIpc) is 2.74. The molecule has 1 aliphatic heterocycles. The van der Waals surface area contributed by atoms with Gasteiger partial charge in [0.25, 0.3) is 5.91 Å². The van der Waals surface area contributed by atoms with E-state index >= 15 is 0 Å². The molecule has 0 aromatic carbocycles. The standard InChI is InChI=1S/C14H20N4O/c1-2-8-15-13(19)12-7-9-16-14(17-12)18-10-5-3-4-6-11-18/h2,7,9H,1,3-6,8,10-11H2,(H,15,19). The number of carbonyl (C=O) groups is 1. The molecule has 1 N–H and O–H groups in total. The molecule has 0 radical (unpaired) electrons. The molecule has 19 heavy (non-hydrogen) atoms. The molecular weight excluding hydrogens is 240 g/mol. The minimum absolute atomic E-state index is 0.182. The topological polar surface area (TPSA) is 58.1 Å². The van der Waals surface area contributed by atoms with Gasteiger partial charge in [-0.05, 0) is 18.9 Å². The van der Waals surface area contributed by atoms with Gasteiger partial charge in [0.05, 0.1) is 0 Å². The third-order valence-electron chi connectivity index (χ3n) is 3.17. The van der Waals surface area contributed by atoms with E-state index < -0.39 is 0 Å². The molecule has 1 fully saturated rings. The Balaban J connectivity index is 2.09. The van der Waals surface area contributed by atoms with Gasteiger partial charge in [-0.2, -0.15) is 0 Å². The lowest BCUT2D eigenvalue weighted by atomic mass is 10.2. The number of aromatic nitrogens is 2. The average molecular weight is 260 g/mol. The van der Waals surface area contributed by atoms with Crippen LogP contribution in [0.25, 0.3) is 0 Å². The van der Waals surface area contributed by atoms with Gasteiger partial charge in [-0.25, -0.2) is 9.97 Å². The van der Waals surface area contributed by atoms with Crippen molar-refractivity contribution in [1.29, 1.82) is 0 Å². The molecule has 1 aliphatic rings. The molecule has 5 heteroatoms. The van der Waals surface area contributed by atoms with Gasteiger partial charge in [0, 0.05) is 25.8 Å². The van der Waals surface area contributed by atoms with Gasteiger partial charge < -0.3 is 10.2 Å². The lowest BCUT2D eigenvalue weighted by molar-refractivity contribution is 0.0953. The zero-order valence-electron chi connectivity index (χ0n) is 11.1. The Morgan fingerprint density at radius 1 is 1.37 bits per heavy atom. The minimum atomic E-state index is -0.182. The van der Waals surface area contributed by atoms with Crippen molar-refractivity contribution in [2.45, 2.75) is 25.7 Å².